The number of nitrogens with one attached hydrogen (secondary N) is 2. The van der Waals surface area contributed by atoms with Gasteiger partial charge < -0.3 is 15.4 Å². The van der Waals surface area contributed by atoms with E-state index in [0.29, 0.717) is 20.2 Å². The Bertz CT molecular complexity index is 1010. The van der Waals surface area contributed by atoms with Gasteiger partial charge in [0.25, 0.3) is 0 Å². The van der Waals surface area contributed by atoms with Crippen LogP contribution in [0.15, 0.2) is 40.7 Å². The lowest BCUT2D eigenvalue weighted by molar-refractivity contribution is -0.115. The van der Waals surface area contributed by atoms with Gasteiger partial charge in [-0.15, -0.1) is 10.2 Å². The lowest BCUT2D eigenvalue weighted by Crippen LogP contribution is -2.22. The van der Waals surface area contributed by atoms with Gasteiger partial charge in [0.05, 0.1) is 28.1 Å². The van der Waals surface area contributed by atoms with Gasteiger partial charge in [0.15, 0.2) is 4.34 Å². The monoisotopic (exact) mass is 488 g/mol. The first kappa shape index (κ1) is 22.0. The molecule has 152 valence electrons. The highest BCUT2D eigenvalue weighted by atomic mass is 35.5. The summed E-state index contributed by atoms with van der Waals surface area (Å²) in [6.45, 7) is 1.76. The maximum absolute atomic E-state index is 12.5. The molecular weight excluding hydrogens is 475 g/mol. The van der Waals surface area contributed by atoms with Gasteiger partial charge in [-0.1, -0.05) is 64.0 Å². The second kappa shape index (κ2) is 9.86. The summed E-state index contributed by atoms with van der Waals surface area (Å²) >= 11 is 20.8. The highest BCUT2D eigenvalue weighted by Crippen LogP contribution is 2.35. The van der Waals surface area contributed by atoms with E-state index in [-0.39, 0.29) is 16.0 Å². The predicted octanol–water partition coefficient (Wildman–Crippen LogP) is 6.37. The zero-order valence-electron chi connectivity index (χ0n) is 15.2. The summed E-state index contributed by atoms with van der Waals surface area (Å²) in [5, 5.41) is 15.2. The number of ether oxygens (including phenoxy) is 1. The van der Waals surface area contributed by atoms with E-state index in [2.05, 4.69) is 20.8 Å². The fraction of sp³-hybridized carbons (Fsp3) is 0.167. The van der Waals surface area contributed by atoms with Crippen LogP contribution in [0.1, 0.15) is 6.92 Å². The Balaban J connectivity index is 1.62. The molecule has 2 N–H and O–H groups in total. The molecule has 1 amide bonds. The Labute approximate surface area is 190 Å². The topological polar surface area (TPSA) is 76.1 Å². The summed E-state index contributed by atoms with van der Waals surface area (Å²) in [6, 6.07) is 10.5. The Morgan fingerprint density at radius 3 is 2.59 bits per heavy atom. The summed E-state index contributed by atoms with van der Waals surface area (Å²) in [4.78, 5) is 12.5. The number of carbonyl (C=O) groups excluding carboxylic acids is 1. The van der Waals surface area contributed by atoms with Crippen LogP contribution in [0.2, 0.25) is 15.1 Å². The number of hydrogen-bond donors (Lipinski definition) is 2. The number of aromatic nitrogens is 2. The first-order valence-corrected chi connectivity index (χ1v) is 11.1. The summed E-state index contributed by atoms with van der Waals surface area (Å²) in [6.07, 6.45) is 0. The van der Waals surface area contributed by atoms with Gasteiger partial charge in [0, 0.05) is 16.8 Å². The van der Waals surface area contributed by atoms with E-state index in [4.69, 9.17) is 39.5 Å². The Hall–Kier alpha value is -1.71. The lowest BCUT2D eigenvalue weighted by atomic mass is 10.3. The number of carbonyl (C=O) groups is 1. The minimum atomic E-state index is -0.449. The fourth-order valence-corrected chi connectivity index (χ4v) is 5.05. The van der Waals surface area contributed by atoms with Gasteiger partial charge in [-0.05, 0) is 31.2 Å². The van der Waals surface area contributed by atoms with Crippen LogP contribution in [0.5, 0.6) is 5.75 Å². The number of rotatable bonds is 7. The van der Waals surface area contributed by atoms with Crippen LogP contribution in [-0.2, 0) is 4.79 Å². The van der Waals surface area contributed by atoms with Crippen molar-refractivity contribution in [3.05, 3.63) is 51.5 Å². The molecule has 11 heteroatoms. The van der Waals surface area contributed by atoms with E-state index in [1.54, 1.807) is 14.0 Å². The molecule has 1 heterocycles. The average Bonchev–Trinajstić information content (AvgIpc) is 3.11. The second-order valence-corrected chi connectivity index (χ2v) is 9.54. The molecule has 1 unspecified atom stereocenters. The van der Waals surface area contributed by atoms with Crippen molar-refractivity contribution in [3.8, 4) is 5.75 Å². The van der Waals surface area contributed by atoms with Crippen LogP contribution in [0.4, 0.5) is 16.5 Å². The summed E-state index contributed by atoms with van der Waals surface area (Å²) < 4.78 is 5.85. The molecule has 2 aromatic carbocycles. The van der Waals surface area contributed by atoms with E-state index in [1.165, 1.54) is 35.2 Å². The average molecular weight is 490 g/mol. The van der Waals surface area contributed by atoms with Crippen molar-refractivity contribution in [2.24, 2.45) is 0 Å². The SMILES string of the molecule is COc1cccc(Nc2nnc(SC(C)C(=O)Nc3c(Cl)cc(Cl)cc3Cl)s2)c1. The molecular formula is C18H15Cl3N4O2S2. The third-order valence-corrected chi connectivity index (χ3v) is 6.47. The van der Waals surface area contributed by atoms with E-state index >= 15 is 0 Å². The highest BCUT2D eigenvalue weighted by molar-refractivity contribution is 8.02. The molecule has 29 heavy (non-hydrogen) atoms. The molecule has 3 aromatic rings. The van der Waals surface area contributed by atoms with Crippen molar-refractivity contribution >= 4 is 80.3 Å². The zero-order valence-corrected chi connectivity index (χ0v) is 19.1. The minimum absolute atomic E-state index is 0.265. The molecule has 0 radical (unpaired) electrons. The van der Waals surface area contributed by atoms with Crippen molar-refractivity contribution in [3.63, 3.8) is 0 Å². The summed E-state index contributed by atoms with van der Waals surface area (Å²) in [5.74, 6) is 0.470. The van der Waals surface area contributed by atoms with E-state index in [0.717, 1.165) is 11.4 Å². The van der Waals surface area contributed by atoms with Gasteiger partial charge >= 0.3 is 0 Å². The van der Waals surface area contributed by atoms with Crippen molar-refractivity contribution in [2.75, 3.05) is 17.7 Å². The van der Waals surface area contributed by atoms with E-state index in [9.17, 15) is 4.79 Å². The molecule has 0 fully saturated rings. The van der Waals surface area contributed by atoms with Crippen LogP contribution in [0.3, 0.4) is 0 Å². The second-order valence-electron chi connectivity index (χ2n) is 5.72. The number of benzene rings is 2. The maximum Gasteiger partial charge on any atom is 0.237 e. The number of methoxy groups -OCH3 is 1. The molecule has 0 aliphatic rings. The predicted molar refractivity (Wildman–Crippen MR) is 122 cm³/mol. The fourth-order valence-electron chi connectivity index (χ4n) is 2.22. The minimum Gasteiger partial charge on any atom is -0.497 e. The van der Waals surface area contributed by atoms with E-state index < -0.39 is 5.25 Å². The molecule has 1 aromatic heterocycles. The Kier molecular flexibility index (Phi) is 7.48. The zero-order chi connectivity index (χ0) is 21.0. The quantitative estimate of drug-likeness (QED) is 0.376. The van der Waals surface area contributed by atoms with Gasteiger partial charge in [0.2, 0.25) is 11.0 Å². The van der Waals surface area contributed by atoms with E-state index in [1.807, 2.05) is 24.3 Å². The van der Waals surface area contributed by atoms with Crippen LogP contribution >= 0.6 is 57.9 Å². The molecule has 0 saturated carbocycles. The molecule has 0 spiro atoms. The molecule has 6 nitrogen and oxygen atoms in total. The summed E-state index contributed by atoms with van der Waals surface area (Å²) in [5.41, 5.74) is 1.16. The maximum atomic E-state index is 12.5. The number of anilines is 3. The van der Waals surface area contributed by atoms with Gasteiger partial charge in [0.1, 0.15) is 5.75 Å². The van der Waals surface area contributed by atoms with Gasteiger partial charge in [-0.25, -0.2) is 0 Å². The molecule has 3 rings (SSSR count). The summed E-state index contributed by atoms with van der Waals surface area (Å²) in [7, 11) is 1.61. The van der Waals surface area contributed by atoms with Gasteiger partial charge in [-0.3, -0.25) is 4.79 Å². The number of hydrogen-bond acceptors (Lipinski definition) is 7. The molecule has 0 aliphatic heterocycles. The number of halogens is 3. The molecule has 1 atom stereocenters. The van der Waals surface area contributed by atoms with Crippen molar-refractivity contribution < 1.29 is 9.53 Å². The van der Waals surface area contributed by atoms with Crippen molar-refractivity contribution in [2.45, 2.75) is 16.5 Å². The van der Waals surface area contributed by atoms with Crippen molar-refractivity contribution in [1.29, 1.82) is 0 Å². The first-order valence-electron chi connectivity index (χ1n) is 8.22. The van der Waals surface area contributed by atoms with Gasteiger partial charge in [-0.2, -0.15) is 0 Å². The Morgan fingerprint density at radius 2 is 1.90 bits per heavy atom. The highest BCUT2D eigenvalue weighted by Gasteiger charge is 2.20. The smallest absolute Gasteiger partial charge is 0.237 e. The third-order valence-electron chi connectivity index (χ3n) is 3.63. The normalized spacial score (nSPS) is 11.8. The van der Waals surface area contributed by atoms with Crippen LogP contribution in [-0.4, -0.2) is 28.5 Å². The standard InChI is InChI=1S/C18H15Cl3N4O2S2/c1-9(16(26)23-15-13(20)6-10(19)7-14(15)21)28-18-25-24-17(29-18)22-11-4-3-5-12(8-11)27-2/h3-9H,1-2H3,(H,22,24)(H,23,26). The van der Waals surface area contributed by atoms with Crippen LogP contribution in [0, 0.1) is 0 Å². The lowest BCUT2D eigenvalue weighted by Gasteiger charge is -2.13. The number of amides is 1. The molecule has 0 saturated heterocycles. The van der Waals surface area contributed by atoms with Crippen molar-refractivity contribution in [1.82, 2.24) is 10.2 Å². The number of nitrogens with zero attached hydrogens (tertiary/aromatic N) is 2. The Morgan fingerprint density at radius 1 is 1.17 bits per heavy atom. The van der Waals surface area contributed by atoms with Crippen LogP contribution in [0.25, 0.3) is 0 Å². The molecule has 0 aliphatic carbocycles. The largest absolute Gasteiger partial charge is 0.497 e. The first-order chi connectivity index (χ1) is 13.9. The third kappa shape index (κ3) is 5.90. The molecule has 0 bridgehead atoms. The van der Waals surface area contributed by atoms with Crippen LogP contribution < -0.4 is 15.4 Å². The number of thioether (sulfide) groups is 1.